The minimum absolute atomic E-state index is 0.0299. The molecule has 5 rings (SSSR count). The second-order valence-corrected chi connectivity index (χ2v) is 8.51. The molecule has 3 aliphatic heterocycles. The minimum atomic E-state index is -0.492. The second kappa shape index (κ2) is 8.22. The first-order valence-corrected chi connectivity index (χ1v) is 10.9. The van der Waals surface area contributed by atoms with Crippen molar-refractivity contribution < 1.29 is 23.8 Å². The molecular formula is C22H20Cl2N2O5. The van der Waals surface area contributed by atoms with E-state index >= 15 is 0 Å². The van der Waals surface area contributed by atoms with Crippen LogP contribution in [0.1, 0.15) is 19.3 Å². The van der Waals surface area contributed by atoms with Crippen molar-refractivity contribution >= 4 is 40.7 Å². The van der Waals surface area contributed by atoms with Crippen LogP contribution in [-0.2, 0) is 9.59 Å². The number of carbonyl (C=O) groups excluding carboxylic acids is 2. The number of hydrogen-bond donors (Lipinski definition) is 0. The van der Waals surface area contributed by atoms with Gasteiger partial charge in [0.15, 0.2) is 11.5 Å². The molecule has 31 heavy (non-hydrogen) atoms. The molecule has 2 aromatic carbocycles. The molecule has 162 valence electrons. The molecule has 0 aliphatic carbocycles. The van der Waals surface area contributed by atoms with E-state index in [0.29, 0.717) is 29.5 Å². The maximum atomic E-state index is 13.1. The molecule has 3 aliphatic rings. The molecule has 9 heteroatoms. The number of carbonyl (C=O) groups is 2. The van der Waals surface area contributed by atoms with E-state index < -0.39 is 6.04 Å². The average molecular weight is 463 g/mol. The molecule has 3 heterocycles. The van der Waals surface area contributed by atoms with Crippen molar-refractivity contribution in [1.82, 2.24) is 4.90 Å². The highest BCUT2D eigenvalue weighted by Gasteiger charge is 2.44. The predicted molar refractivity (Wildman–Crippen MR) is 115 cm³/mol. The first kappa shape index (κ1) is 20.4. The molecule has 0 spiro atoms. The predicted octanol–water partition coefficient (Wildman–Crippen LogP) is 3.90. The largest absolute Gasteiger partial charge is 0.490 e. The second-order valence-electron chi connectivity index (χ2n) is 7.73. The highest BCUT2D eigenvalue weighted by molar-refractivity contribution is 6.44. The SMILES string of the molecule is O=C1C[C@@H](N2CCC(Oc3ccc4c(c3)OCO4)CC2)C(=O)N1c1cccc(Cl)c1Cl. The molecule has 1 atom stereocenters. The third kappa shape index (κ3) is 3.82. The van der Waals surface area contributed by atoms with Crippen LogP contribution in [0.4, 0.5) is 5.69 Å². The smallest absolute Gasteiger partial charge is 0.251 e. The quantitative estimate of drug-likeness (QED) is 0.641. The number of hydrogen-bond acceptors (Lipinski definition) is 6. The zero-order valence-electron chi connectivity index (χ0n) is 16.6. The minimum Gasteiger partial charge on any atom is -0.490 e. The van der Waals surface area contributed by atoms with Crippen LogP contribution in [0.25, 0.3) is 0 Å². The van der Waals surface area contributed by atoms with E-state index in [9.17, 15) is 9.59 Å². The van der Waals surface area contributed by atoms with Gasteiger partial charge in [-0.25, -0.2) is 4.90 Å². The van der Waals surface area contributed by atoms with E-state index in [1.165, 1.54) is 0 Å². The summed E-state index contributed by atoms with van der Waals surface area (Å²) in [5.41, 5.74) is 0.340. The maximum Gasteiger partial charge on any atom is 0.251 e. The van der Waals surface area contributed by atoms with Gasteiger partial charge in [0.2, 0.25) is 12.7 Å². The third-order valence-corrected chi connectivity index (χ3v) is 6.67. The van der Waals surface area contributed by atoms with Gasteiger partial charge >= 0.3 is 0 Å². The first-order valence-electron chi connectivity index (χ1n) is 10.1. The average Bonchev–Trinajstić information content (AvgIpc) is 3.34. The number of fused-ring (bicyclic) bond motifs is 1. The summed E-state index contributed by atoms with van der Waals surface area (Å²) < 4.78 is 16.8. The van der Waals surface area contributed by atoms with Crippen molar-refractivity contribution in [1.29, 1.82) is 0 Å². The summed E-state index contributed by atoms with van der Waals surface area (Å²) >= 11 is 12.3. The van der Waals surface area contributed by atoms with E-state index in [2.05, 4.69) is 4.90 Å². The lowest BCUT2D eigenvalue weighted by Gasteiger charge is -2.34. The number of ether oxygens (including phenoxy) is 3. The Hall–Kier alpha value is -2.48. The monoisotopic (exact) mass is 462 g/mol. The van der Waals surface area contributed by atoms with Crippen LogP contribution >= 0.6 is 23.2 Å². The van der Waals surface area contributed by atoms with Crippen LogP contribution in [0.15, 0.2) is 36.4 Å². The Labute approximate surface area is 189 Å². The lowest BCUT2D eigenvalue weighted by Crippen LogP contribution is -2.47. The van der Waals surface area contributed by atoms with Crippen LogP contribution in [0.5, 0.6) is 17.2 Å². The topological polar surface area (TPSA) is 68.3 Å². The molecule has 2 amide bonds. The fraction of sp³-hybridized carbons (Fsp3) is 0.364. The van der Waals surface area contributed by atoms with E-state index in [4.69, 9.17) is 37.4 Å². The van der Waals surface area contributed by atoms with Crippen LogP contribution < -0.4 is 19.1 Å². The summed E-state index contributed by atoms with van der Waals surface area (Å²) in [4.78, 5) is 28.9. The van der Waals surface area contributed by atoms with Gasteiger partial charge in [0, 0.05) is 19.2 Å². The highest BCUT2D eigenvalue weighted by Crippen LogP contribution is 2.37. The van der Waals surface area contributed by atoms with Gasteiger partial charge in [0.05, 0.1) is 28.2 Å². The molecule has 0 unspecified atom stereocenters. The third-order valence-electron chi connectivity index (χ3n) is 5.86. The number of likely N-dealkylation sites (tertiary alicyclic amines) is 1. The Morgan fingerprint density at radius 1 is 1.00 bits per heavy atom. The van der Waals surface area contributed by atoms with Gasteiger partial charge in [-0.05, 0) is 37.1 Å². The molecule has 0 saturated carbocycles. The van der Waals surface area contributed by atoms with E-state index in [1.54, 1.807) is 18.2 Å². The molecule has 0 N–H and O–H groups in total. The van der Waals surface area contributed by atoms with Gasteiger partial charge in [-0.1, -0.05) is 29.3 Å². The standard InChI is InChI=1S/C22H20Cl2N2O5/c23-15-2-1-3-16(21(15)24)26-20(27)11-17(22(26)28)25-8-6-13(7-9-25)31-14-4-5-18-19(10-14)30-12-29-18/h1-5,10,13,17H,6-9,11-12H2/t17-/m1/s1. The van der Waals surface area contributed by atoms with Crippen molar-refractivity contribution in [3.63, 3.8) is 0 Å². The Bertz CT molecular complexity index is 1040. The van der Waals surface area contributed by atoms with Gasteiger partial charge in [0.25, 0.3) is 5.91 Å². The highest BCUT2D eigenvalue weighted by atomic mass is 35.5. The Morgan fingerprint density at radius 3 is 2.58 bits per heavy atom. The number of rotatable bonds is 4. The van der Waals surface area contributed by atoms with E-state index in [0.717, 1.165) is 29.2 Å². The van der Waals surface area contributed by atoms with Crippen LogP contribution in [0.3, 0.4) is 0 Å². The van der Waals surface area contributed by atoms with Gasteiger partial charge in [-0.3, -0.25) is 14.5 Å². The zero-order chi connectivity index (χ0) is 21.5. The molecule has 2 aromatic rings. The fourth-order valence-electron chi connectivity index (χ4n) is 4.27. The summed E-state index contributed by atoms with van der Waals surface area (Å²) in [5, 5.41) is 0.520. The summed E-state index contributed by atoms with van der Waals surface area (Å²) in [6, 6.07) is 9.99. The lowest BCUT2D eigenvalue weighted by atomic mass is 10.0. The number of anilines is 1. The van der Waals surface area contributed by atoms with Gasteiger partial charge in [-0.15, -0.1) is 0 Å². The van der Waals surface area contributed by atoms with Gasteiger partial charge < -0.3 is 14.2 Å². The molecule has 0 bridgehead atoms. The Morgan fingerprint density at radius 2 is 1.77 bits per heavy atom. The van der Waals surface area contributed by atoms with Crippen LogP contribution in [-0.4, -0.2) is 48.7 Å². The number of nitrogens with zero attached hydrogens (tertiary/aromatic N) is 2. The van der Waals surface area contributed by atoms with E-state index in [-0.39, 0.29) is 36.2 Å². The number of halogens is 2. The summed E-state index contributed by atoms with van der Waals surface area (Å²) in [5.74, 6) is 1.61. The van der Waals surface area contributed by atoms with Crippen LogP contribution in [0, 0.1) is 0 Å². The molecule has 7 nitrogen and oxygen atoms in total. The summed E-state index contributed by atoms with van der Waals surface area (Å²) in [6.45, 7) is 1.55. The normalized spacial score (nSPS) is 21.7. The number of amides is 2. The Balaban J connectivity index is 1.22. The molecule has 0 radical (unpaired) electrons. The molecule has 2 fully saturated rings. The Kier molecular flexibility index (Phi) is 5.42. The van der Waals surface area contributed by atoms with Crippen LogP contribution in [0.2, 0.25) is 10.0 Å². The number of imide groups is 1. The van der Waals surface area contributed by atoms with Crippen molar-refractivity contribution in [3.05, 3.63) is 46.4 Å². The zero-order valence-corrected chi connectivity index (χ0v) is 18.1. The lowest BCUT2D eigenvalue weighted by molar-refractivity contribution is -0.123. The van der Waals surface area contributed by atoms with Gasteiger partial charge in [-0.2, -0.15) is 0 Å². The first-order chi connectivity index (χ1) is 15.0. The summed E-state index contributed by atoms with van der Waals surface area (Å²) in [6.07, 6.45) is 1.67. The van der Waals surface area contributed by atoms with Crippen molar-refractivity contribution in [2.75, 3.05) is 24.8 Å². The van der Waals surface area contributed by atoms with Gasteiger partial charge in [0.1, 0.15) is 11.9 Å². The molecular weight excluding hydrogens is 443 g/mol. The maximum absolute atomic E-state index is 13.1. The van der Waals surface area contributed by atoms with Crippen molar-refractivity contribution in [3.8, 4) is 17.2 Å². The van der Waals surface area contributed by atoms with Crippen molar-refractivity contribution in [2.24, 2.45) is 0 Å². The molecule has 0 aromatic heterocycles. The van der Waals surface area contributed by atoms with Crippen molar-refractivity contribution in [2.45, 2.75) is 31.4 Å². The fourth-order valence-corrected chi connectivity index (χ4v) is 4.65. The number of benzene rings is 2. The summed E-state index contributed by atoms with van der Waals surface area (Å²) in [7, 11) is 0. The van der Waals surface area contributed by atoms with E-state index in [1.807, 2.05) is 18.2 Å². The molecule has 2 saturated heterocycles. The number of piperidine rings is 1.